The normalized spacial score (nSPS) is 7.67. The van der Waals surface area contributed by atoms with Gasteiger partial charge in [0, 0.05) is 42.0 Å². The van der Waals surface area contributed by atoms with E-state index in [1.165, 1.54) is 7.11 Å². The Bertz CT molecular complexity index is 156. The smallest absolute Gasteiger partial charge is 0.315 e. The van der Waals surface area contributed by atoms with Crippen LogP contribution in [0.25, 0.3) is 0 Å². The van der Waals surface area contributed by atoms with Gasteiger partial charge in [-0.25, -0.2) is 9.97 Å². The molecule has 1 aromatic rings. The summed E-state index contributed by atoms with van der Waals surface area (Å²) in [6, 6.07) is 2.15. The maximum atomic E-state index is 4.69. The molecule has 0 aromatic carbocycles. The topological polar surface area (TPSA) is 35.0 Å². The second kappa shape index (κ2) is 4.73. The van der Waals surface area contributed by atoms with E-state index in [4.69, 9.17) is 4.74 Å². The van der Waals surface area contributed by atoms with E-state index in [1.54, 1.807) is 18.5 Å². The molecular formula is C5H6N2NaO. The van der Waals surface area contributed by atoms with Gasteiger partial charge in [0.1, 0.15) is 0 Å². The maximum absolute atomic E-state index is 4.69. The van der Waals surface area contributed by atoms with Crippen molar-refractivity contribution in [1.29, 1.82) is 0 Å². The quantitative estimate of drug-likeness (QED) is 0.510. The summed E-state index contributed by atoms with van der Waals surface area (Å²) in [6.07, 6.45) is 3.26. The van der Waals surface area contributed by atoms with Gasteiger partial charge in [-0.3, -0.25) is 0 Å². The van der Waals surface area contributed by atoms with Gasteiger partial charge in [0.2, 0.25) is 0 Å². The number of aromatic nitrogens is 2. The summed E-state index contributed by atoms with van der Waals surface area (Å²) in [5.41, 5.74) is 0. The first kappa shape index (κ1) is 8.88. The zero-order chi connectivity index (χ0) is 5.82. The van der Waals surface area contributed by atoms with Crippen LogP contribution < -0.4 is 4.74 Å². The third-order valence-electron chi connectivity index (χ3n) is 0.725. The summed E-state index contributed by atoms with van der Waals surface area (Å²) >= 11 is 0. The van der Waals surface area contributed by atoms with Crippen molar-refractivity contribution in [3.8, 4) is 6.01 Å². The Morgan fingerprint density at radius 3 is 2.22 bits per heavy atom. The second-order valence-electron chi connectivity index (χ2n) is 1.24. The summed E-state index contributed by atoms with van der Waals surface area (Å²) in [5.74, 6) is 0. The van der Waals surface area contributed by atoms with E-state index in [2.05, 4.69) is 9.97 Å². The predicted octanol–water partition coefficient (Wildman–Crippen LogP) is 0.104. The Labute approximate surface area is 75.8 Å². The Morgan fingerprint density at radius 1 is 1.33 bits per heavy atom. The molecule has 0 amide bonds. The number of rotatable bonds is 1. The minimum absolute atomic E-state index is 0. The fraction of sp³-hybridized carbons (Fsp3) is 0.200. The molecule has 9 heavy (non-hydrogen) atoms. The molecule has 0 spiro atoms. The zero-order valence-electron chi connectivity index (χ0n) is 5.53. The molecule has 0 saturated carbocycles. The van der Waals surface area contributed by atoms with E-state index in [9.17, 15) is 0 Å². The molecule has 0 atom stereocenters. The van der Waals surface area contributed by atoms with Crippen LogP contribution in [-0.4, -0.2) is 46.6 Å². The van der Waals surface area contributed by atoms with Crippen molar-refractivity contribution in [1.82, 2.24) is 9.97 Å². The van der Waals surface area contributed by atoms with E-state index in [1.807, 2.05) is 0 Å². The van der Waals surface area contributed by atoms with Crippen LogP contribution in [-0.2, 0) is 0 Å². The van der Waals surface area contributed by atoms with Gasteiger partial charge in [0.15, 0.2) is 0 Å². The number of ether oxygens (including phenoxy) is 1. The van der Waals surface area contributed by atoms with Crippen LogP contribution in [0.2, 0.25) is 0 Å². The van der Waals surface area contributed by atoms with Crippen LogP contribution >= 0.6 is 0 Å². The number of methoxy groups -OCH3 is 1. The van der Waals surface area contributed by atoms with Crippen LogP contribution in [0.3, 0.4) is 0 Å². The van der Waals surface area contributed by atoms with Crippen LogP contribution in [0.4, 0.5) is 0 Å². The minimum Gasteiger partial charge on any atom is -0.467 e. The van der Waals surface area contributed by atoms with E-state index in [0.29, 0.717) is 6.01 Å². The monoisotopic (exact) mass is 133 g/mol. The molecule has 3 nitrogen and oxygen atoms in total. The molecule has 0 saturated heterocycles. The minimum atomic E-state index is 0. The van der Waals surface area contributed by atoms with Crippen LogP contribution in [0.15, 0.2) is 18.5 Å². The third kappa shape index (κ3) is 2.79. The molecule has 1 aromatic heterocycles. The molecule has 43 valence electrons. The van der Waals surface area contributed by atoms with Crippen LogP contribution in [0, 0.1) is 0 Å². The molecule has 0 aliphatic rings. The zero-order valence-corrected chi connectivity index (χ0v) is 7.53. The number of nitrogens with zero attached hydrogens (tertiary/aromatic N) is 2. The average Bonchev–Trinajstić information content (AvgIpc) is 1.90. The molecule has 0 aliphatic carbocycles. The molecule has 0 fully saturated rings. The summed E-state index contributed by atoms with van der Waals surface area (Å²) < 4.78 is 4.69. The number of hydrogen-bond donors (Lipinski definition) is 0. The Hall–Kier alpha value is -0.120. The maximum Gasteiger partial charge on any atom is 0.315 e. The van der Waals surface area contributed by atoms with Gasteiger partial charge in [-0.15, -0.1) is 0 Å². The Morgan fingerprint density at radius 2 is 1.89 bits per heavy atom. The van der Waals surface area contributed by atoms with E-state index < -0.39 is 0 Å². The van der Waals surface area contributed by atoms with Gasteiger partial charge in [-0.1, -0.05) is 0 Å². The molecule has 0 bridgehead atoms. The van der Waals surface area contributed by atoms with Gasteiger partial charge in [-0.05, 0) is 6.07 Å². The summed E-state index contributed by atoms with van der Waals surface area (Å²) in [4.78, 5) is 7.53. The van der Waals surface area contributed by atoms with Gasteiger partial charge in [-0.2, -0.15) is 0 Å². The van der Waals surface area contributed by atoms with Crippen molar-refractivity contribution in [3.05, 3.63) is 18.5 Å². The molecule has 1 rings (SSSR count). The van der Waals surface area contributed by atoms with E-state index >= 15 is 0 Å². The largest absolute Gasteiger partial charge is 0.467 e. The van der Waals surface area contributed by atoms with Crippen molar-refractivity contribution < 1.29 is 4.74 Å². The Balaban J connectivity index is 0.000000640. The van der Waals surface area contributed by atoms with Crippen LogP contribution in [0.5, 0.6) is 6.01 Å². The van der Waals surface area contributed by atoms with Crippen molar-refractivity contribution in [2.75, 3.05) is 7.11 Å². The first-order valence-electron chi connectivity index (χ1n) is 2.24. The summed E-state index contributed by atoms with van der Waals surface area (Å²) in [7, 11) is 1.54. The van der Waals surface area contributed by atoms with Gasteiger partial charge < -0.3 is 4.74 Å². The number of hydrogen-bond acceptors (Lipinski definition) is 3. The standard InChI is InChI=1S/C5H6N2O.Na/c1-8-5-6-3-2-4-7-5;/h2-4H,1H3;. The van der Waals surface area contributed by atoms with Crippen molar-refractivity contribution in [2.24, 2.45) is 0 Å². The second-order valence-corrected chi connectivity index (χ2v) is 1.24. The Kier molecular flexibility index (Phi) is 4.67. The average molecular weight is 133 g/mol. The van der Waals surface area contributed by atoms with Gasteiger partial charge in [0.05, 0.1) is 7.11 Å². The van der Waals surface area contributed by atoms with Crippen molar-refractivity contribution >= 4 is 29.6 Å². The van der Waals surface area contributed by atoms with Gasteiger partial charge >= 0.3 is 6.01 Å². The SMILES string of the molecule is COc1ncccn1.[Na]. The first-order chi connectivity index (χ1) is 3.93. The third-order valence-corrected chi connectivity index (χ3v) is 0.725. The molecule has 0 N–H and O–H groups in total. The molecule has 0 unspecified atom stereocenters. The van der Waals surface area contributed by atoms with Crippen molar-refractivity contribution in [3.63, 3.8) is 0 Å². The molecule has 1 radical (unpaired) electrons. The summed E-state index contributed by atoms with van der Waals surface area (Å²) in [5, 5.41) is 0. The first-order valence-corrected chi connectivity index (χ1v) is 2.24. The van der Waals surface area contributed by atoms with Crippen LogP contribution in [0.1, 0.15) is 0 Å². The summed E-state index contributed by atoms with van der Waals surface area (Å²) in [6.45, 7) is 0. The van der Waals surface area contributed by atoms with E-state index in [0.717, 1.165) is 0 Å². The fourth-order valence-electron chi connectivity index (χ4n) is 0.391. The fourth-order valence-corrected chi connectivity index (χ4v) is 0.391. The molecule has 0 aliphatic heterocycles. The van der Waals surface area contributed by atoms with Gasteiger partial charge in [0.25, 0.3) is 0 Å². The predicted molar refractivity (Wildman–Crippen MR) is 34.3 cm³/mol. The molecule has 1 heterocycles. The molecular weight excluding hydrogens is 127 g/mol. The molecule has 4 heteroatoms. The van der Waals surface area contributed by atoms with E-state index in [-0.39, 0.29) is 29.6 Å². The van der Waals surface area contributed by atoms with Crippen molar-refractivity contribution in [2.45, 2.75) is 0 Å².